The molecule has 3 fully saturated rings. The van der Waals surface area contributed by atoms with Crippen LogP contribution in [0.2, 0.25) is 0 Å². The highest BCUT2D eigenvalue weighted by Gasteiger charge is 2.61. The van der Waals surface area contributed by atoms with Gasteiger partial charge in [-0.05, 0) is 86.5 Å². The Balaban J connectivity index is 1.72. The van der Waals surface area contributed by atoms with Gasteiger partial charge in [-0.15, -0.1) is 0 Å². The number of aliphatic hydroxyl groups is 2. The lowest BCUT2D eigenvalue weighted by atomic mass is 9.47. The highest BCUT2D eigenvalue weighted by Crippen LogP contribution is 2.65. The van der Waals surface area contributed by atoms with E-state index in [1.165, 1.54) is 5.57 Å². The van der Waals surface area contributed by atoms with Gasteiger partial charge in [-0.1, -0.05) is 19.4 Å². The van der Waals surface area contributed by atoms with E-state index in [1.54, 1.807) is 0 Å². The Morgan fingerprint density at radius 2 is 1.88 bits per heavy atom. The van der Waals surface area contributed by atoms with Gasteiger partial charge in [0.15, 0.2) is 5.78 Å². The van der Waals surface area contributed by atoms with Crippen LogP contribution < -0.4 is 0 Å². The van der Waals surface area contributed by atoms with Gasteiger partial charge >= 0.3 is 0 Å². The Morgan fingerprint density at radius 3 is 2.58 bits per heavy atom. The monoisotopic (exact) mass is 332 g/mol. The fourth-order valence-corrected chi connectivity index (χ4v) is 7.22. The van der Waals surface area contributed by atoms with E-state index in [9.17, 15) is 15.0 Å². The quantitative estimate of drug-likeness (QED) is 0.773. The molecule has 4 rings (SSSR count). The summed E-state index contributed by atoms with van der Waals surface area (Å²) in [7, 11) is 0. The molecule has 24 heavy (non-hydrogen) atoms. The number of aliphatic hydroxyl groups excluding tert-OH is 2. The van der Waals surface area contributed by atoms with E-state index in [0.29, 0.717) is 30.0 Å². The summed E-state index contributed by atoms with van der Waals surface area (Å²) in [5.74, 6) is 1.64. The van der Waals surface area contributed by atoms with Crippen molar-refractivity contribution in [3.05, 3.63) is 11.6 Å². The molecule has 0 saturated heterocycles. The zero-order chi connectivity index (χ0) is 17.3. The van der Waals surface area contributed by atoms with E-state index < -0.39 is 0 Å². The van der Waals surface area contributed by atoms with E-state index in [-0.39, 0.29) is 29.0 Å². The number of hydrogen-bond acceptors (Lipinski definition) is 3. The topological polar surface area (TPSA) is 57.5 Å². The van der Waals surface area contributed by atoms with Crippen LogP contribution in [0.5, 0.6) is 0 Å². The van der Waals surface area contributed by atoms with E-state index in [4.69, 9.17) is 0 Å². The molecule has 0 spiro atoms. The lowest BCUT2D eigenvalue weighted by Gasteiger charge is -2.57. The fourth-order valence-electron chi connectivity index (χ4n) is 7.22. The third-order valence-electron chi connectivity index (χ3n) is 8.58. The smallest absolute Gasteiger partial charge is 0.159 e. The van der Waals surface area contributed by atoms with Crippen molar-refractivity contribution in [1.82, 2.24) is 0 Å². The van der Waals surface area contributed by atoms with E-state index in [2.05, 4.69) is 13.8 Å². The molecule has 0 heterocycles. The molecule has 0 aromatic heterocycles. The van der Waals surface area contributed by atoms with Crippen LogP contribution in [0.15, 0.2) is 11.6 Å². The Labute approximate surface area is 145 Å². The minimum atomic E-state index is -0.276. The minimum Gasteiger partial charge on any atom is -0.393 e. The maximum atomic E-state index is 13.1. The second-order valence-electron chi connectivity index (χ2n) is 9.59. The summed E-state index contributed by atoms with van der Waals surface area (Å²) in [4.78, 5) is 13.1. The van der Waals surface area contributed by atoms with Crippen LogP contribution >= 0.6 is 0 Å². The first-order valence-electron chi connectivity index (χ1n) is 9.88. The largest absolute Gasteiger partial charge is 0.393 e. The molecule has 134 valence electrons. The average Bonchev–Trinajstić information content (AvgIpc) is 2.86. The maximum Gasteiger partial charge on any atom is 0.159 e. The van der Waals surface area contributed by atoms with Crippen LogP contribution in [0.4, 0.5) is 0 Å². The average molecular weight is 332 g/mol. The number of carbonyl (C=O) groups excluding carboxylic acids is 1. The summed E-state index contributed by atoms with van der Waals surface area (Å²) in [6.45, 7) is 6.60. The molecule has 8 atom stereocenters. The fraction of sp³-hybridized carbons (Fsp3) is 0.857. The van der Waals surface area contributed by atoms with Gasteiger partial charge in [0, 0.05) is 5.92 Å². The Morgan fingerprint density at radius 1 is 1.12 bits per heavy atom. The van der Waals surface area contributed by atoms with Gasteiger partial charge in [0.05, 0.1) is 12.2 Å². The predicted octanol–water partition coefficient (Wildman–Crippen LogP) is 3.49. The number of carbonyl (C=O) groups is 1. The van der Waals surface area contributed by atoms with Crippen LogP contribution in [0.3, 0.4) is 0 Å². The zero-order valence-corrected chi connectivity index (χ0v) is 15.3. The molecule has 3 nitrogen and oxygen atoms in total. The lowest BCUT2D eigenvalue weighted by molar-refractivity contribution is -0.136. The van der Waals surface area contributed by atoms with Crippen molar-refractivity contribution in [2.24, 2.45) is 34.5 Å². The Kier molecular flexibility index (Phi) is 3.78. The molecular weight excluding hydrogens is 300 g/mol. The summed E-state index contributed by atoms with van der Waals surface area (Å²) in [5.41, 5.74) is 1.42. The standard InChI is InChI=1S/C21H32O3/c1-12(22)15-4-5-16-19-17(7-9-21(15,16)3)20(2)8-6-14(23)10-13(20)11-18(19)24/h11-12,14-17,19,22-23H,4-10H2,1-3H3/t12-,14+,15-,16+,17+,19+,20+,21-/m1/s1. The second kappa shape index (κ2) is 5.41. The zero-order valence-electron chi connectivity index (χ0n) is 15.3. The molecule has 0 aromatic carbocycles. The highest BCUT2D eigenvalue weighted by atomic mass is 16.3. The van der Waals surface area contributed by atoms with Crippen molar-refractivity contribution in [3.8, 4) is 0 Å². The van der Waals surface area contributed by atoms with Crippen LogP contribution in [0.1, 0.15) is 65.7 Å². The summed E-state index contributed by atoms with van der Waals surface area (Å²) >= 11 is 0. The third kappa shape index (κ3) is 2.13. The number of fused-ring (bicyclic) bond motifs is 5. The lowest BCUT2D eigenvalue weighted by Crippen LogP contribution is -2.54. The molecule has 0 unspecified atom stereocenters. The van der Waals surface area contributed by atoms with Crippen LogP contribution in [-0.4, -0.2) is 28.2 Å². The maximum absolute atomic E-state index is 13.1. The molecule has 2 N–H and O–H groups in total. The van der Waals surface area contributed by atoms with Crippen molar-refractivity contribution in [2.45, 2.75) is 77.9 Å². The predicted molar refractivity (Wildman–Crippen MR) is 93.3 cm³/mol. The second-order valence-corrected chi connectivity index (χ2v) is 9.59. The summed E-state index contributed by atoms with van der Waals surface area (Å²) in [6.07, 6.45) is 8.29. The SMILES string of the molecule is C[C@@H](O)[C@H]1CC[C@H]2[C@@H]3C(=O)C=C4C[C@@H](O)CC[C@]4(C)[C@H]3CC[C@]12C. The number of ketones is 1. The van der Waals surface area contributed by atoms with Gasteiger partial charge in [-0.25, -0.2) is 0 Å². The van der Waals surface area contributed by atoms with E-state index in [0.717, 1.165) is 38.5 Å². The molecule has 3 saturated carbocycles. The Hall–Kier alpha value is -0.670. The van der Waals surface area contributed by atoms with Crippen molar-refractivity contribution >= 4 is 5.78 Å². The summed E-state index contributed by atoms with van der Waals surface area (Å²) in [6, 6.07) is 0. The molecule has 0 bridgehead atoms. The van der Waals surface area contributed by atoms with Crippen LogP contribution in [0, 0.1) is 34.5 Å². The van der Waals surface area contributed by atoms with Gasteiger partial charge in [-0.2, -0.15) is 0 Å². The first-order valence-corrected chi connectivity index (χ1v) is 9.88. The first kappa shape index (κ1) is 16.8. The molecule has 0 aromatic rings. The highest BCUT2D eigenvalue weighted by molar-refractivity contribution is 5.94. The van der Waals surface area contributed by atoms with Gasteiger partial charge in [0.2, 0.25) is 0 Å². The molecule has 3 heteroatoms. The minimum absolute atomic E-state index is 0.0993. The third-order valence-corrected chi connectivity index (χ3v) is 8.58. The molecule has 0 amide bonds. The molecule has 4 aliphatic carbocycles. The van der Waals surface area contributed by atoms with Crippen molar-refractivity contribution in [1.29, 1.82) is 0 Å². The molecular formula is C21H32O3. The molecule has 0 aliphatic heterocycles. The van der Waals surface area contributed by atoms with Gasteiger partial charge in [0.1, 0.15) is 0 Å². The normalized spacial score (nSPS) is 52.1. The molecule has 4 aliphatic rings. The van der Waals surface area contributed by atoms with E-state index >= 15 is 0 Å². The van der Waals surface area contributed by atoms with Crippen LogP contribution in [-0.2, 0) is 4.79 Å². The van der Waals surface area contributed by atoms with E-state index in [1.807, 2.05) is 13.0 Å². The number of hydrogen-bond donors (Lipinski definition) is 2. The Bertz CT molecular complexity index is 580. The first-order chi connectivity index (χ1) is 11.3. The summed E-state index contributed by atoms with van der Waals surface area (Å²) < 4.78 is 0. The van der Waals surface area contributed by atoms with Crippen molar-refractivity contribution < 1.29 is 15.0 Å². The summed E-state index contributed by atoms with van der Waals surface area (Å²) in [5, 5.41) is 20.3. The van der Waals surface area contributed by atoms with Gasteiger partial charge < -0.3 is 10.2 Å². The van der Waals surface area contributed by atoms with Gasteiger partial charge in [-0.3, -0.25) is 4.79 Å². The van der Waals surface area contributed by atoms with Crippen molar-refractivity contribution in [3.63, 3.8) is 0 Å². The molecule has 0 radical (unpaired) electrons. The number of rotatable bonds is 1. The van der Waals surface area contributed by atoms with Gasteiger partial charge in [0.25, 0.3) is 0 Å². The van der Waals surface area contributed by atoms with Crippen molar-refractivity contribution in [2.75, 3.05) is 0 Å². The number of allylic oxidation sites excluding steroid dienone is 1. The van der Waals surface area contributed by atoms with Crippen LogP contribution in [0.25, 0.3) is 0 Å².